The van der Waals surface area contributed by atoms with Crippen molar-refractivity contribution in [2.24, 2.45) is 0 Å². The zero-order chi connectivity index (χ0) is 14.4. The third-order valence-electron chi connectivity index (χ3n) is 4.67. The quantitative estimate of drug-likeness (QED) is 0.677. The molecule has 1 aliphatic heterocycles. The van der Waals surface area contributed by atoms with Gasteiger partial charge in [-0.1, -0.05) is 48.5 Å². The number of aromatic amines is 1. The molecule has 1 aliphatic rings. The lowest BCUT2D eigenvalue weighted by atomic mass is 9.80. The second-order valence-corrected chi connectivity index (χ2v) is 6.43. The molecule has 2 heterocycles. The summed E-state index contributed by atoms with van der Waals surface area (Å²) in [6.07, 6.45) is 0. The number of benzene rings is 2. The Bertz CT molecular complexity index is 790. The van der Waals surface area contributed by atoms with Crippen LogP contribution in [0, 0.1) is 0 Å². The Morgan fingerprint density at radius 1 is 0.955 bits per heavy atom. The van der Waals surface area contributed by atoms with E-state index in [1.54, 1.807) is 0 Å². The Balaban J connectivity index is 0.00000144. The lowest BCUT2D eigenvalue weighted by Gasteiger charge is -2.36. The number of rotatable bonds is 1. The molecule has 3 heteroatoms. The largest absolute Gasteiger partial charge is 0.357 e. The standard InChI is InChI=1S/C19H20N2.ClH/c1-19(2)18-17(14-10-6-7-11-16(14)21-18)15(12-20-19)13-8-4-3-5-9-13;/h3-11,15,20-21H,12H2,1-2H3;1H. The van der Waals surface area contributed by atoms with Gasteiger partial charge in [0, 0.05) is 29.1 Å². The van der Waals surface area contributed by atoms with Crippen LogP contribution in [0.1, 0.15) is 36.6 Å². The predicted molar refractivity (Wildman–Crippen MR) is 94.9 cm³/mol. The molecule has 0 spiro atoms. The van der Waals surface area contributed by atoms with Gasteiger partial charge in [-0.3, -0.25) is 0 Å². The zero-order valence-electron chi connectivity index (χ0n) is 12.9. The minimum absolute atomic E-state index is 0. The Hall–Kier alpha value is -1.77. The van der Waals surface area contributed by atoms with Crippen LogP contribution in [-0.4, -0.2) is 11.5 Å². The Morgan fingerprint density at radius 2 is 1.64 bits per heavy atom. The molecule has 2 nitrogen and oxygen atoms in total. The first kappa shape index (κ1) is 15.1. The van der Waals surface area contributed by atoms with E-state index in [0.29, 0.717) is 5.92 Å². The van der Waals surface area contributed by atoms with Gasteiger partial charge in [-0.15, -0.1) is 12.4 Å². The van der Waals surface area contributed by atoms with Crippen LogP contribution in [0.15, 0.2) is 54.6 Å². The minimum Gasteiger partial charge on any atom is -0.357 e. The van der Waals surface area contributed by atoms with Gasteiger partial charge in [0.2, 0.25) is 0 Å². The van der Waals surface area contributed by atoms with E-state index in [9.17, 15) is 0 Å². The summed E-state index contributed by atoms with van der Waals surface area (Å²) in [5.74, 6) is 0.408. The van der Waals surface area contributed by atoms with Crippen LogP contribution < -0.4 is 5.32 Å². The normalized spacial score (nSPS) is 19.5. The van der Waals surface area contributed by atoms with Gasteiger partial charge >= 0.3 is 0 Å². The Morgan fingerprint density at radius 3 is 2.41 bits per heavy atom. The molecular formula is C19H21ClN2. The maximum absolute atomic E-state index is 3.69. The first-order valence-electron chi connectivity index (χ1n) is 7.58. The fourth-order valence-corrected chi connectivity index (χ4v) is 3.54. The van der Waals surface area contributed by atoms with Crippen molar-refractivity contribution in [3.63, 3.8) is 0 Å². The van der Waals surface area contributed by atoms with Gasteiger partial charge in [0.25, 0.3) is 0 Å². The molecule has 4 rings (SSSR count). The summed E-state index contributed by atoms with van der Waals surface area (Å²) in [5, 5.41) is 5.05. The zero-order valence-corrected chi connectivity index (χ0v) is 13.7. The van der Waals surface area contributed by atoms with Crippen molar-refractivity contribution in [3.8, 4) is 0 Å². The predicted octanol–water partition coefficient (Wildman–Crippen LogP) is 4.56. The van der Waals surface area contributed by atoms with E-state index in [2.05, 4.69) is 78.7 Å². The number of para-hydroxylation sites is 1. The molecule has 1 unspecified atom stereocenters. The van der Waals surface area contributed by atoms with Crippen LogP contribution in [0.25, 0.3) is 10.9 Å². The molecule has 1 atom stereocenters. The highest BCUT2D eigenvalue weighted by molar-refractivity contribution is 5.86. The van der Waals surface area contributed by atoms with Crippen molar-refractivity contribution >= 4 is 23.3 Å². The first-order chi connectivity index (χ1) is 10.2. The summed E-state index contributed by atoms with van der Waals surface area (Å²) in [7, 11) is 0. The second-order valence-electron chi connectivity index (χ2n) is 6.43. The van der Waals surface area contributed by atoms with Crippen LogP contribution in [0.4, 0.5) is 0 Å². The van der Waals surface area contributed by atoms with E-state index in [-0.39, 0.29) is 17.9 Å². The van der Waals surface area contributed by atoms with Gasteiger partial charge in [-0.05, 0) is 31.0 Å². The molecule has 0 saturated heterocycles. The monoisotopic (exact) mass is 312 g/mol. The average Bonchev–Trinajstić information content (AvgIpc) is 2.90. The van der Waals surface area contributed by atoms with Crippen LogP contribution >= 0.6 is 12.4 Å². The van der Waals surface area contributed by atoms with Crippen molar-refractivity contribution in [3.05, 3.63) is 71.4 Å². The van der Waals surface area contributed by atoms with Gasteiger partial charge in [-0.2, -0.15) is 0 Å². The van der Waals surface area contributed by atoms with Crippen molar-refractivity contribution < 1.29 is 0 Å². The molecular weight excluding hydrogens is 292 g/mol. The van der Waals surface area contributed by atoms with Crippen LogP contribution in [0.2, 0.25) is 0 Å². The number of hydrogen-bond acceptors (Lipinski definition) is 1. The molecule has 0 saturated carbocycles. The molecule has 0 bridgehead atoms. The number of aromatic nitrogens is 1. The maximum Gasteiger partial charge on any atom is 0.0533 e. The van der Waals surface area contributed by atoms with Crippen molar-refractivity contribution in [1.29, 1.82) is 0 Å². The van der Waals surface area contributed by atoms with E-state index < -0.39 is 0 Å². The molecule has 114 valence electrons. The van der Waals surface area contributed by atoms with E-state index in [4.69, 9.17) is 0 Å². The third-order valence-corrected chi connectivity index (χ3v) is 4.67. The fourth-order valence-electron chi connectivity index (χ4n) is 3.54. The maximum atomic E-state index is 3.69. The molecule has 0 aliphatic carbocycles. The van der Waals surface area contributed by atoms with Crippen LogP contribution in [0.3, 0.4) is 0 Å². The molecule has 22 heavy (non-hydrogen) atoms. The molecule has 0 fully saturated rings. The SMILES string of the molecule is CC1(C)NCC(c2ccccc2)c2c1[nH]c1ccccc21.Cl. The van der Waals surface area contributed by atoms with Gasteiger partial charge in [0.15, 0.2) is 0 Å². The van der Waals surface area contributed by atoms with E-state index >= 15 is 0 Å². The Kier molecular flexibility index (Phi) is 3.75. The molecule has 1 aromatic heterocycles. The summed E-state index contributed by atoms with van der Waals surface area (Å²) < 4.78 is 0. The van der Waals surface area contributed by atoms with Gasteiger partial charge < -0.3 is 10.3 Å². The highest BCUT2D eigenvalue weighted by Crippen LogP contribution is 2.41. The number of nitrogens with one attached hydrogen (secondary N) is 2. The smallest absolute Gasteiger partial charge is 0.0533 e. The average molecular weight is 313 g/mol. The summed E-state index contributed by atoms with van der Waals surface area (Å²) >= 11 is 0. The van der Waals surface area contributed by atoms with E-state index in [1.807, 2.05) is 0 Å². The number of H-pyrrole nitrogens is 1. The number of hydrogen-bond donors (Lipinski definition) is 2. The summed E-state index contributed by atoms with van der Waals surface area (Å²) in [6.45, 7) is 5.48. The number of halogens is 1. The lowest BCUT2D eigenvalue weighted by Crippen LogP contribution is -2.44. The molecule has 0 amide bonds. The van der Waals surface area contributed by atoms with Crippen molar-refractivity contribution in [2.75, 3.05) is 6.54 Å². The second kappa shape index (κ2) is 5.45. The summed E-state index contributed by atoms with van der Waals surface area (Å²) in [5.41, 5.74) is 5.38. The molecule has 2 aromatic carbocycles. The highest BCUT2D eigenvalue weighted by Gasteiger charge is 2.35. The van der Waals surface area contributed by atoms with Crippen molar-refractivity contribution in [1.82, 2.24) is 10.3 Å². The van der Waals surface area contributed by atoms with E-state index in [1.165, 1.54) is 27.7 Å². The van der Waals surface area contributed by atoms with Crippen LogP contribution in [-0.2, 0) is 5.54 Å². The lowest BCUT2D eigenvalue weighted by molar-refractivity contribution is 0.360. The molecule has 2 N–H and O–H groups in total. The van der Waals surface area contributed by atoms with E-state index in [0.717, 1.165) is 6.54 Å². The fraction of sp³-hybridized carbons (Fsp3) is 0.263. The van der Waals surface area contributed by atoms with Gasteiger partial charge in [-0.25, -0.2) is 0 Å². The minimum atomic E-state index is -0.0143. The molecule has 3 aromatic rings. The summed E-state index contributed by atoms with van der Waals surface area (Å²) in [6, 6.07) is 19.4. The van der Waals surface area contributed by atoms with Gasteiger partial charge in [0.1, 0.15) is 0 Å². The molecule has 0 radical (unpaired) electrons. The highest BCUT2D eigenvalue weighted by atomic mass is 35.5. The van der Waals surface area contributed by atoms with Crippen LogP contribution in [0.5, 0.6) is 0 Å². The summed E-state index contributed by atoms with van der Waals surface area (Å²) in [4.78, 5) is 3.64. The third kappa shape index (κ3) is 2.23. The van der Waals surface area contributed by atoms with Gasteiger partial charge in [0.05, 0.1) is 5.54 Å². The Labute approximate surface area is 137 Å². The topological polar surface area (TPSA) is 27.8 Å². The number of fused-ring (bicyclic) bond motifs is 3. The van der Waals surface area contributed by atoms with Crippen molar-refractivity contribution in [2.45, 2.75) is 25.3 Å². The first-order valence-corrected chi connectivity index (χ1v) is 7.58.